The molecule has 3 rings (SSSR count). The van der Waals surface area contributed by atoms with Crippen LogP contribution in [0.5, 0.6) is 5.75 Å². The fourth-order valence-corrected chi connectivity index (χ4v) is 4.32. The van der Waals surface area contributed by atoms with Crippen LogP contribution in [-0.2, 0) is 9.59 Å². The number of amides is 2. The molecule has 1 heterocycles. The molecule has 2 amide bonds. The highest BCUT2D eigenvalue weighted by Gasteiger charge is 2.31. The van der Waals surface area contributed by atoms with Gasteiger partial charge in [-0.25, -0.2) is 0 Å². The Morgan fingerprint density at radius 3 is 2.50 bits per heavy atom. The van der Waals surface area contributed by atoms with Crippen LogP contribution in [-0.4, -0.2) is 32.7 Å². The number of unbranched alkanes of at least 4 members (excludes halogenated alkanes) is 2. The number of anilines is 1. The van der Waals surface area contributed by atoms with E-state index in [1.165, 1.54) is 29.5 Å². The van der Waals surface area contributed by atoms with Gasteiger partial charge >= 0.3 is 0 Å². The second-order valence-corrected chi connectivity index (χ2v) is 8.83. The number of phenols is 1. The molecule has 2 aromatic rings. The lowest BCUT2D eigenvalue weighted by molar-refractivity contribution is -0.122. The van der Waals surface area contributed by atoms with E-state index in [9.17, 15) is 14.7 Å². The highest BCUT2D eigenvalue weighted by atomic mass is 32.2. The van der Waals surface area contributed by atoms with E-state index in [0.29, 0.717) is 27.9 Å². The molecular weight excluding hydrogens is 416 g/mol. The highest BCUT2D eigenvalue weighted by molar-refractivity contribution is 8.26. The number of nitrogens with one attached hydrogen (secondary N) is 1. The summed E-state index contributed by atoms with van der Waals surface area (Å²) < 4.78 is 0.587. The topological polar surface area (TPSA) is 69.6 Å². The SMILES string of the molecule is Cc1ccc(C=C2SC(=S)N(CCCCCC(=O)Nc3ccc(O)cc3)C2=O)cc1. The number of hydrogen-bond donors (Lipinski definition) is 2. The van der Waals surface area contributed by atoms with Gasteiger partial charge in [0.25, 0.3) is 5.91 Å². The van der Waals surface area contributed by atoms with Crippen molar-refractivity contribution < 1.29 is 14.7 Å². The molecule has 2 N–H and O–H groups in total. The Morgan fingerprint density at radius 2 is 1.80 bits per heavy atom. The van der Waals surface area contributed by atoms with E-state index in [1.807, 2.05) is 37.3 Å². The fraction of sp³-hybridized carbons (Fsp3) is 0.261. The summed E-state index contributed by atoms with van der Waals surface area (Å²) in [5.41, 5.74) is 2.83. The number of rotatable bonds is 8. The van der Waals surface area contributed by atoms with Crippen molar-refractivity contribution in [2.75, 3.05) is 11.9 Å². The minimum Gasteiger partial charge on any atom is -0.508 e. The molecule has 0 saturated carbocycles. The summed E-state index contributed by atoms with van der Waals surface area (Å²) in [6, 6.07) is 14.4. The van der Waals surface area contributed by atoms with Crippen LogP contribution in [0.25, 0.3) is 6.08 Å². The fourth-order valence-electron chi connectivity index (χ4n) is 3.01. The van der Waals surface area contributed by atoms with Crippen LogP contribution >= 0.6 is 24.0 Å². The van der Waals surface area contributed by atoms with Crippen molar-refractivity contribution in [1.82, 2.24) is 4.90 Å². The summed E-state index contributed by atoms with van der Waals surface area (Å²) in [6.07, 6.45) is 4.64. The van der Waals surface area contributed by atoms with E-state index in [-0.39, 0.29) is 17.6 Å². The molecule has 30 heavy (non-hydrogen) atoms. The molecule has 0 spiro atoms. The van der Waals surface area contributed by atoms with Gasteiger partial charge in [-0.3, -0.25) is 14.5 Å². The minimum absolute atomic E-state index is 0.0457. The van der Waals surface area contributed by atoms with Gasteiger partial charge in [-0.05, 0) is 55.7 Å². The van der Waals surface area contributed by atoms with Crippen LogP contribution in [0.15, 0.2) is 53.4 Å². The molecule has 2 aromatic carbocycles. The number of aryl methyl sites for hydroxylation is 1. The Morgan fingerprint density at radius 1 is 1.10 bits per heavy atom. The van der Waals surface area contributed by atoms with E-state index >= 15 is 0 Å². The van der Waals surface area contributed by atoms with Gasteiger partial charge in [0.1, 0.15) is 10.1 Å². The summed E-state index contributed by atoms with van der Waals surface area (Å²) in [5, 5.41) is 12.1. The number of carbonyl (C=O) groups excluding carboxylic acids is 2. The van der Waals surface area contributed by atoms with E-state index < -0.39 is 0 Å². The van der Waals surface area contributed by atoms with Crippen molar-refractivity contribution in [2.45, 2.75) is 32.6 Å². The number of hydrogen-bond acceptors (Lipinski definition) is 5. The first-order valence-corrected chi connectivity index (χ1v) is 11.1. The maximum atomic E-state index is 12.7. The molecule has 1 aliphatic rings. The molecule has 5 nitrogen and oxygen atoms in total. The summed E-state index contributed by atoms with van der Waals surface area (Å²) in [6.45, 7) is 2.59. The molecule has 7 heteroatoms. The Bertz CT molecular complexity index is 953. The van der Waals surface area contributed by atoms with Crippen molar-refractivity contribution in [3.63, 3.8) is 0 Å². The van der Waals surface area contributed by atoms with Crippen LogP contribution in [0.4, 0.5) is 5.69 Å². The van der Waals surface area contributed by atoms with Crippen molar-refractivity contribution in [1.29, 1.82) is 0 Å². The average molecular weight is 441 g/mol. The van der Waals surface area contributed by atoms with Crippen molar-refractivity contribution in [3.05, 3.63) is 64.6 Å². The van der Waals surface area contributed by atoms with Crippen molar-refractivity contribution in [3.8, 4) is 5.75 Å². The smallest absolute Gasteiger partial charge is 0.266 e. The van der Waals surface area contributed by atoms with Crippen LogP contribution < -0.4 is 5.32 Å². The second kappa shape index (κ2) is 10.4. The summed E-state index contributed by atoms with van der Waals surface area (Å²) in [5.74, 6) is 0.0559. The average Bonchev–Trinajstić information content (AvgIpc) is 2.98. The number of thiocarbonyl (C=S) groups is 1. The lowest BCUT2D eigenvalue weighted by Gasteiger charge is -2.14. The van der Waals surface area contributed by atoms with Gasteiger partial charge in [-0.2, -0.15) is 0 Å². The van der Waals surface area contributed by atoms with E-state index in [1.54, 1.807) is 17.0 Å². The van der Waals surface area contributed by atoms with Crippen molar-refractivity contribution in [2.24, 2.45) is 0 Å². The van der Waals surface area contributed by atoms with Gasteiger partial charge in [0.2, 0.25) is 5.91 Å². The number of nitrogens with zero attached hydrogens (tertiary/aromatic N) is 1. The first kappa shape index (κ1) is 22.1. The third kappa shape index (κ3) is 6.18. The molecule has 1 fully saturated rings. The van der Waals surface area contributed by atoms with E-state index in [2.05, 4.69) is 5.32 Å². The third-order valence-corrected chi connectivity index (χ3v) is 6.06. The van der Waals surface area contributed by atoms with Crippen LogP contribution in [0, 0.1) is 6.92 Å². The summed E-state index contributed by atoms with van der Waals surface area (Å²) in [7, 11) is 0. The van der Waals surface area contributed by atoms with Gasteiger partial charge in [-0.15, -0.1) is 0 Å². The highest BCUT2D eigenvalue weighted by Crippen LogP contribution is 2.32. The number of phenolic OH excluding ortho intramolecular Hbond substituents is 1. The standard InChI is InChI=1S/C23H24N2O3S2/c1-16-6-8-17(9-7-16)15-20-22(28)25(23(29)30-20)14-4-2-3-5-21(27)24-18-10-12-19(26)13-11-18/h6-13,15,26H,2-5,14H2,1H3,(H,24,27). The normalized spacial score (nSPS) is 15.1. The minimum atomic E-state index is -0.0627. The molecule has 156 valence electrons. The van der Waals surface area contributed by atoms with Gasteiger partial charge < -0.3 is 10.4 Å². The summed E-state index contributed by atoms with van der Waals surface area (Å²) in [4.78, 5) is 26.9. The lowest BCUT2D eigenvalue weighted by atomic mass is 10.1. The molecule has 0 radical (unpaired) electrons. The number of carbonyl (C=O) groups is 2. The summed E-state index contributed by atoms with van der Waals surface area (Å²) >= 11 is 6.72. The molecule has 0 atom stereocenters. The van der Waals surface area contributed by atoms with Gasteiger partial charge in [-0.1, -0.05) is 60.2 Å². The van der Waals surface area contributed by atoms with E-state index in [0.717, 1.165) is 24.8 Å². The van der Waals surface area contributed by atoms with Crippen LogP contribution in [0.1, 0.15) is 36.8 Å². The molecule has 0 unspecified atom stereocenters. The maximum Gasteiger partial charge on any atom is 0.266 e. The lowest BCUT2D eigenvalue weighted by Crippen LogP contribution is -2.29. The number of aromatic hydroxyl groups is 1. The monoisotopic (exact) mass is 440 g/mol. The van der Waals surface area contributed by atoms with E-state index in [4.69, 9.17) is 12.2 Å². The second-order valence-electron chi connectivity index (χ2n) is 7.15. The maximum absolute atomic E-state index is 12.7. The zero-order valence-electron chi connectivity index (χ0n) is 16.8. The quantitative estimate of drug-likeness (QED) is 0.259. The number of thioether (sulfide) groups is 1. The van der Waals surface area contributed by atoms with Crippen LogP contribution in [0.2, 0.25) is 0 Å². The number of benzene rings is 2. The third-order valence-electron chi connectivity index (χ3n) is 4.69. The molecule has 0 bridgehead atoms. The van der Waals surface area contributed by atoms with Gasteiger partial charge in [0, 0.05) is 18.7 Å². The zero-order chi connectivity index (χ0) is 21.5. The van der Waals surface area contributed by atoms with Crippen LogP contribution in [0.3, 0.4) is 0 Å². The molecule has 1 aliphatic heterocycles. The molecule has 0 aliphatic carbocycles. The molecule has 1 saturated heterocycles. The molecular formula is C23H24N2O3S2. The Balaban J connectivity index is 1.40. The predicted octanol–water partition coefficient (Wildman–Crippen LogP) is 5.10. The van der Waals surface area contributed by atoms with Gasteiger partial charge in [0.05, 0.1) is 4.91 Å². The zero-order valence-corrected chi connectivity index (χ0v) is 18.4. The molecule has 0 aromatic heterocycles. The first-order valence-electron chi connectivity index (χ1n) is 9.83. The Labute approximate surface area is 186 Å². The Kier molecular flexibility index (Phi) is 7.65. The Hall–Kier alpha value is -2.64. The predicted molar refractivity (Wildman–Crippen MR) is 126 cm³/mol. The largest absolute Gasteiger partial charge is 0.508 e. The first-order chi connectivity index (χ1) is 14.4. The van der Waals surface area contributed by atoms with Gasteiger partial charge in [0.15, 0.2) is 0 Å². The van der Waals surface area contributed by atoms with Crippen molar-refractivity contribution >= 4 is 51.9 Å².